The molecule has 3 nitrogen and oxygen atoms in total. The number of halogens is 1. The second-order valence-corrected chi connectivity index (χ2v) is 6.67. The van der Waals surface area contributed by atoms with Gasteiger partial charge in [-0.05, 0) is 35.2 Å². The lowest BCUT2D eigenvalue weighted by atomic mass is 9.85. The third-order valence-electron chi connectivity index (χ3n) is 3.94. The first kappa shape index (κ1) is 14.8. The van der Waals surface area contributed by atoms with Crippen molar-refractivity contribution in [3.05, 3.63) is 28.5 Å². The molecule has 0 spiro atoms. The lowest BCUT2D eigenvalue weighted by Gasteiger charge is -2.26. The summed E-state index contributed by atoms with van der Waals surface area (Å²) in [5.74, 6) is 0. The second kappa shape index (κ2) is 5.80. The van der Waals surface area contributed by atoms with E-state index in [2.05, 4.69) is 52.8 Å². The fourth-order valence-corrected chi connectivity index (χ4v) is 3.02. The van der Waals surface area contributed by atoms with Gasteiger partial charge in [0, 0.05) is 31.5 Å². The number of hydrogen-bond acceptors (Lipinski definition) is 2. The van der Waals surface area contributed by atoms with Crippen molar-refractivity contribution in [1.29, 1.82) is 0 Å². The summed E-state index contributed by atoms with van der Waals surface area (Å²) in [6.45, 7) is 9.42. The molecule has 0 radical (unpaired) electrons. The maximum atomic E-state index is 4.57. The van der Waals surface area contributed by atoms with E-state index >= 15 is 0 Å². The number of rotatable bonds is 7. The molecule has 1 aliphatic carbocycles. The predicted octanol–water partition coefficient (Wildman–Crippen LogP) is 3.23. The molecule has 0 bridgehead atoms. The summed E-state index contributed by atoms with van der Waals surface area (Å²) in [5.41, 5.74) is 2.47. The zero-order valence-corrected chi connectivity index (χ0v) is 13.8. The zero-order chi connectivity index (χ0) is 14.0. The third kappa shape index (κ3) is 3.48. The van der Waals surface area contributed by atoms with Crippen LogP contribution in [0.15, 0.2) is 17.1 Å². The molecule has 1 fully saturated rings. The maximum Gasteiger partial charge on any atom is 0.0766 e. The molecule has 1 aliphatic rings. The van der Waals surface area contributed by atoms with Gasteiger partial charge in [-0.25, -0.2) is 0 Å². The summed E-state index contributed by atoms with van der Waals surface area (Å²) in [6.07, 6.45) is 6.64. The summed E-state index contributed by atoms with van der Waals surface area (Å²) in [6, 6.07) is 0.737. The van der Waals surface area contributed by atoms with E-state index in [1.807, 2.05) is 11.7 Å². The van der Waals surface area contributed by atoms with Crippen molar-refractivity contribution in [3.63, 3.8) is 0 Å². The van der Waals surface area contributed by atoms with Gasteiger partial charge in [0.25, 0.3) is 0 Å². The molecule has 0 aliphatic heterocycles. The van der Waals surface area contributed by atoms with E-state index in [-0.39, 0.29) is 5.41 Å². The highest BCUT2D eigenvalue weighted by molar-refractivity contribution is 9.10. The average Bonchev–Trinajstić information content (AvgIpc) is 3.19. The number of nitrogens with zero attached hydrogens (tertiary/aromatic N) is 2. The highest BCUT2D eigenvalue weighted by atomic mass is 79.9. The minimum absolute atomic E-state index is 0.0733. The van der Waals surface area contributed by atoms with Crippen LogP contribution in [0, 0.1) is 5.41 Å². The first-order valence-corrected chi connectivity index (χ1v) is 7.85. The van der Waals surface area contributed by atoms with Crippen LogP contribution in [0.25, 0.3) is 0 Å². The van der Waals surface area contributed by atoms with Crippen LogP contribution in [0.3, 0.4) is 0 Å². The normalized spacial score (nSPS) is 18.3. The molecule has 1 unspecified atom stereocenters. The SMILES string of the molecule is C=CC(C)(CNC1CC1)Cc1c(Br)c(CC)nn1C. The van der Waals surface area contributed by atoms with E-state index in [0.29, 0.717) is 0 Å². The third-order valence-corrected chi connectivity index (χ3v) is 4.85. The van der Waals surface area contributed by atoms with Crippen LogP contribution in [0.2, 0.25) is 0 Å². The molecule has 4 heteroatoms. The van der Waals surface area contributed by atoms with Gasteiger partial charge < -0.3 is 5.32 Å². The van der Waals surface area contributed by atoms with Crippen LogP contribution in [-0.4, -0.2) is 22.4 Å². The zero-order valence-electron chi connectivity index (χ0n) is 12.2. The minimum atomic E-state index is 0.0733. The number of hydrogen-bond donors (Lipinski definition) is 1. The fraction of sp³-hybridized carbons (Fsp3) is 0.667. The maximum absolute atomic E-state index is 4.57. The Balaban J connectivity index is 2.11. The highest BCUT2D eigenvalue weighted by Gasteiger charge is 2.28. The molecule has 1 aromatic rings. The molecule has 0 aromatic carbocycles. The first-order valence-electron chi connectivity index (χ1n) is 7.06. The van der Waals surface area contributed by atoms with Gasteiger partial charge in [0.05, 0.1) is 15.9 Å². The number of aryl methyl sites for hydroxylation is 2. The quantitative estimate of drug-likeness (QED) is 0.780. The van der Waals surface area contributed by atoms with Crippen molar-refractivity contribution in [2.75, 3.05) is 6.54 Å². The van der Waals surface area contributed by atoms with Crippen molar-refractivity contribution >= 4 is 15.9 Å². The molecule has 1 aromatic heterocycles. The van der Waals surface area contributed by atoms with Gasteiger partial charge in [-0.3, -0.25) is 4.68 Å². The van der Waals surface area contributed by atoms with Crippen molar-refractivity contribution in [3.8, 4) is 0 Å². The molecule has 1 atom stereocenters. The minimum Gasteiger partial charge on any atom is -0.313 e. The van der Waals surface area contributed by atoms with Crippen molar-refractivity contribution in [1.82, 2.24) is 15.1 Å². The Morgan fingerprint density at radius 3 is 2.74 bits per heavy atom. The van der Waals surface area contributed by atoms with Crippen LogP contribution < -0.4 is 5.32 Å². The van der Waals surface area contributed by atoms with E-state index in [4.69, 9.17) is 0 Å². The molecule has 0 amide bonds. The predicted molar refractivity (Wildman–Crippen MR) is 83.3 cm³/mol. The van der Waals surface area contributed by atoms with Crippen molar-refractivity contribution < 1.29 is 0 Å². The van der Waals surface area contributed by atoms with Gasteiger partial charge >= 0.3 is 0 Å². The van der Waals surface area contributed by atoms with E-state index in [9.17, 15) is 0 Å². The Morgan fingerprint density at radius 1 is 1.58 bits per heavy atom. The highest BCUT2D eigenvalue weighted by Crippen LogP contribution is 2.30. The molecular weight excluding hydrogens is 302 g/mol. The van der Waals surface area contributed by atoms with Crippen LogP contribution >= 0.6 is 15.9 Å². The van der Waals surface area contributed by atoms with Gasteiger partial charge in [0.1, 0.15) is 0 Å². The standard InChI is InChI=1S/C15H24BrN3/c1-5-12-14(16)13(19(4)18-12)9-15(3,6-2)10-17-11-7-8-11/h6,11,17H,2,5,7-10H2,1,3-4H3. The largest absolute Gasteiger partial charge is 0.313 e. The van der Waals surface area contributed by atoms with Crippen molar-refractivity contribution in [2.24, 2.45) is 12.5 Å². The lowest BCUT2D eigenvalue weighted by Crippen LogP contribution is -2.33. The first-order chi connectivity index (χ1) is 8.99. The Bertz CT molecular complexity index is 462. The van der Waals surface area contributed by atoms with Crippen LogP contribution in [0.1, 0.15) is 38.1 Å². The number of nitrogens with one attached hydrogen (secondary N) is 1. The van der Waals surface area contributed by atoms with Gasteiger partial charge in [-0.1, -0.05) is 19.9 Å². The van der Waals surface area contributed by atoms with Gasteiger partial charge in [0.2, 0.25) is 0 Å². The lowest BCUT2D eigenvalue weighted by molar-refractivity contribution is 0.379. The van der Waals surface area contributed by atoms with E-state index in [1.165, 1.54) is 18.5 Å². The Kier molecular flexibility index (Phi) is 4.51. The van der Waals surface area contributed by atoms with Crippen LogP contribution in [-0.2, 0) is 19.9 Å². The van der Waals surface area contributed by atoms with Gasteiger partial charge in [0.15, 0.2) is 0 Å². The molecule has 2 rings (SSSR count). The summed E-state index contributed by atoms with van der Waals surface area (Å²) < 4.78 is 3.17. The molecule has 0 saturated heterocycles. The molecule has 1 N–H and O–H groups in total. The van der Waals surface area contributed by atoms with Crippen LogP contribution in [0.4, 0.5) is 0 Å². The average molecular weight is 326 g/mol. The molecule has 1 saturated carbocycles. The van der Waals surface area contributed by atoms with Gasteiger partial charge in [-0.2, -0.15) is 5.10 Å². The van der Waals surface area contributed by atoms with E-state index in [0.717, 1.165) is 35.6 Å². The molecule has 19 heavy (non-hydrogen) atoms. The Hall–Kier alpha value is -0.610. The second-order valence-electron chi connectivity index (χ2n) is 5.87. The monoisotopic (exact) mass is 325 g/mol. The summed E-state index contributed by atoms with van der Waals surface area (Å²) in [7, 11) is 2.02. The topological polar surface area (TPSA) is 29.9 Å². The van der Waals surface area contributed by atoms with Crippen molar-refractivity contribution in [2.45, 2.75) is 45.6 Å². The van der Waals surface area contributed by atoms with E-state index in [1.54, 1.807) is 0 Å². The summed E-state index contributed by atoms with van der Waals surface area (Å²) in [5, 5.41) is 8.18. The molecule has 1 heterocycles. The summed E-state index contributed by atoms with van der Waals surface area (Å²) >= 11 is 3.70. The van der Waals surface area contributed by atoms with Crippen LogP contribution in [0.5, 0.6) is 0 Å². The Labute approximate surface area is 124 Å². The van der Waals surface area contributed by atoms with E-state index < -0.39 is 0 Å². The molecule has 106 valence electrons. The fourth-order valence-electron chi connectivity index (χ4n) is 2.27. The Morgan fingerprint density at radius 2 is 2.26 bits per heavy atom. The number of aromatic nitrogens is 2. The smallest absolute Gasteiger partial charge is 0.0766 e. The van der Waals surface area contributed by atoms with Gasteiger partial charge in [-0.15, -0.1) is 6.58 Å². The molecular formula is C15H24BrN3. The summed E-state index contributed by atoms with van der Waals surface area (Å²) in [4.78, 5) is 0.